The van der Waals surface area contributed by atoms with Gasteiger partial charge in [-0.15, -0.1) is 0 Å². The molecule has 0 saturated carbocycles. The third-order valence-corrected chi connectivity index (χ3v) is 3.46. The minimum absolute atomic E-state index is 0.583. The fraction of sp³-hybridized carbons (Fsp3) is 0.471. The molecule has 2 nitrogen and oxygen atoms in total. The predicted molar refractivity (Wildman–Crippen MR) is 84.8 cm³/mol. The Kier molecular flexibility index (Phi) is 6.94. The highest BCUT2D eigenvalue weighted by molar-refractivity contribution is 5.74. The van der Waals surface area contributed by atoms with Crippen molar-refractivity contribution in [1.29, 1.82) is 0 Å². The molecule has 0 spiro atoms. The fourth-order valence-electron chi connectivity index (χ4n) is 2.51. The summed E-state index contributed by atoms with van der Waals surface area (Å²) < 4.78 is 0. The number of allylic oxidation sites excluding steroid dienone is 3. The molecular formula is C17H26N2. The average Bonchev–Trinajstić information content (AvgIpc) is 2.89. The van der Waals surface area contributed by atoms with Gasteiger partial charge in [0, 0.05) is 5.56 Å². The maximum atomic E-state index is 4.15. The third kappa shape index (κ3) is 4.23. The van der Waals surface area contributed by atoms with Crippen molar-refractivity contribution in [3.05, 3.63) is 42.8 Å². The predicted octanol–water partition coefficient (Wildman–Crippen LogP) is 5.23. The van der Waals surface area contributed by atoms with Gasteiger partial charge >= 0.3 is 0 Å². The molecule has 1 rings (SSSR count). The lowest BCUT2D eigenvalue weighted by atomic mass is 9.85. The summed E-state index contributed by atoms with van der Waals surface area (Å²) in [5.41, 5.74) is 3.52. The van der Waals surface area contributed by atoms with E-state index in [2.05, 4.69) is 43.3 Å². The second-order valence-corrected chi connectivity index (χ2v) is 4.89. The Bertz CT molecular complexity index is 426. The second-order valence-electron chi connectivity index (χ2n) is 4.89. The molecule has 1 atom stereocenters. The zero-order valence-electron chi connectivity index (χ0n) is 12.3. The molecule has 0 aromatic carbocycles. The minimum atomic E-state index is 0.583. The standard InChI is InChI=1S/C17H26N2/c1-5-9-12-14(10-6-2)15(11-7-3)16-13-18-19-17(16)8-4/h7-8,11,13-14H,3-6,9-10,12H2,1-2H3,(H,18,19)/b15-11-. The van der Waals surface area contributed by atoms with Gasteiger partial charge in [-0.3, -0.25) is 5.10 Å². The number of unbranched alkanes of at least 4 members (excludes halogenated alkanes) is 1. The molecule has 1 unspecified atom stereocenters. The number of hydrogen-bond donors (Lipinski definition) is 1. The van der Waals surface area contributed by atoms with Gasteiger partial charge in [0.1, 0.15) is 0 Å². The van der Waals surface area contributed by atoms with Crippen molar-refractivity contribution < 1.29 is 0 Å². The van der Waals surface area contributed by atoms with Crippen LogP contribution in [0.25, 0.3) is 11.6 Å². The third-order valence-electron chi connectivity index (χ3n) is 3.46. The lowest BCUT2D eigenvalue weighted by Gasteiger charge is -2.19. The maximum Gasteiger partial charge on any atom is 0.0647 e. The van der Waals surface area contributed by atoms with Crippen LogP contribution in [0.3, 0.4) is 0 Å². The van der Waals surface area contributed by atoms with E-state index in [-0.39, 0.29) is 0 Å². The van der Waals surface area contributed by atoms with Gasteiger partial charge in [0.25, 0.3) is 0 Å². The van der Waals surface area contributed by atoms with E-state index in [1.54, 1.807) is 0 Å². The van der Waals surface area contributed by atoms with Crippen LogP contribution < -0.4 is 0 Å². The number of H-pyrrole nitrogens is 1. The Morgan fingerprint density at radius 2 is 2.11 bits per heavy atom. The zero-order valence-corrected chi connectivity index (χ0v) is 12.3. The molecule has 1 aromatic heterocycles. The van der Waals surface area contributed by atoms with Crippen LogP contribution in [0.15, 0.2) is 31.5 Å². The molecular weight excluding hydrogens is 232 g/mol. The Morgan fingerprint density at radius 1 is 1.32 bits per heavy atom. The second kappa shape index (κ2) is 8.52. The van der Waals surface area contributed by atoms with E-state index >= 15 is 0 Å². The Morgan fingerprint density at radius 3 is 2.68 bits per heavy atom. The van der Waals surface area contributed by atoms with Crippen molar-refractivity contribution in [3.8, 4) is 0 Å². The normalized spacial score (nSPS) is 13.3. The smallest absolute Gasteiger partial charge is 0.0647 e. The van der Waals surface area contributed by atoms with Crippen molar-refractivity contribution in [1.82, 2.24) is 10.2 Å². The first-order valence-corrected chi connectivity index (χ1v) is 7.27. The highest BCUT2D eigenvalue weighted by Gasteiger charge is 2.17. The van der Waals surface area contributed by atoms with Gasteiger partial charge in [0.05, 0.1) is 11.9 Å². The molecule has 1 N–H and O–H groups in total. The first-order valence-electron chi connectivity index (χ1n) is 7.27. The van der Waals surface area contributed by atoms with E-state index in [1.807, 2.05) is 18.3 Å². The molecule has 0 radical (unpaired) electrons. The molecule has 0 aliphatic rings. The van der Waals surface area contributed by atoms with Crippen LogP contribution in [0.2, 0.25) is 0 Å². The number of nitrogens with zero attached hydrogens (tertiary/aromatic N) is 1. The highest BCUT2D eigenvalue weighted by Crippen LogP contribution is 2.32. The molecule has 0 aliphatic carbocycles. The molecule has 2 heteroatoms. The average molecular weight is 258 g/mol. The molecule has 0 fully saturated rings. The highest BCUT2D eigenvalue weighted by atomic mass is 15.1. The summed E-state index contributed by atoms with van der Waals surface area (Å²) in [7, 11) is 0. The van der Waals surface area contributed by atoms with E-state index in [1.165, 1.54) is 43.2 Å². The van der Waals surface area contributed by atoms with Crippen molar-refractivity contribution >= 4 is 11.6 Å². The summed E-state index contributed by atoms with van der Waals surface area (Å²) in [6.07, 6.45) is 13.9. The van der Waals surface area contributed by atoms with Crippen LogP contribution in [-0.4, -0.2) is 10.2 Å². The van der Waals surface area contributed by atoms with Crippen LogP contribution in [0.1, 0.15) is 57.2 Å². The number of aromatic nitrogens is 2. The van der Waals surface area contributed by atoms with Crippen LogP contribution >= 0.6 is 0 Å². The van der Waals surface area contributed by atoms with Gasteiger partial charge in [-0.25, -0.2) is 0 Å². The largest absolute Gasteiger partial charge is 0.278 e. The number of rotatable bonds is 9. The van der Waals surface area contributed by atoms with Gasteiger partial charge in [-0.05, 0) is 30.4 Å². The van der Waals surface area contributed by atoms with E-state index in [0.29, 0.717) is 5.92 Å². The van der Waals surface area contributed by atoms with E-state index in [0.717, 1.165) is 5.69 Å². The Hall–Kier alpha value is -1.57. The summed E-state index contributed by atoms with van der Waals surface area (Å²) >= 11 is 0. The summed E-state index contributed by atoms with van der Waals surface area (Å²) in [5, 5.41) is 7.15. The summed E-state index contributed by atoms with van der Waals surface area (Å²) in [5.74, 6) is 0.583. The molecule has 0 aliphatic heterocycles. The van der Waals surface area contributed by atoms with E-state index < -0.39 is 0 Å². The van der Waals surface area contributed by atoms with Gasteiger partial charge in [0.2, 0.25) is 0 Å². The first-order chi connectivity index (χ1) is 9.28. The maximum absolute atomic E-state index is 4.15. The van der Waals surface area contributed by atoms with Crippen LogP contribution in [-0.2, 0) is 0 Å². The number of aromatic amines is 1. The Labute approximate surface area is 117 Å². The molecule has 0 amide bonds. The molecule has 1 aromatic rings. The zero-order chi connectivity index (χ0) is 14.1. The topological polar surface area (TPSA) is 28.7 Å². The summed E-state index contributed by atoms with van der Waals surface area (Å²) in [6, 6.07) is 0. The molecule has 0 bridgehead atoms. The molecule has 104 valence electrons. The Balaban J connectivity index is 3.06. The van der Waals surface area contributed by atoms with Gasteiger partial charge in [-0.2, -0.15) is 5.10 Å². The summed E-state index contributed by atoms with van der Waals surface area (Å²) in [6.45, 7) is 12.2. The fourth-order valence-corrected chi connectivity index (χ4v) is 2.51. The van der Waals surface area contributed by atoms with Gasteiger partial charge in [-0.1, -0.05) is 58.4 Å². The SMILES string of the molecule is C=C/C=C(\c1cn[nH]c1C=C)C(CCC)CCCC. The van der Waals surface area contributed by atoms with E-state index in [9.17, 15) is 0 Å². The van der Waals surface area contributed by atoms with Crippen LogP contribution in [0.5, 0.6) is 0 Å². The van der Waals surface area contributed by atoms with E-state index in [4.69, 9.17) is 0 Å². The molecule has 0 saturated heterocycles. The number of nitrogens with one attached hydrogen (secondary N) is 1. The van der Waals surface area contributed by atoms with Crippen molar-refractivity contribution in [2.45, 2.75) is 46.0 Å². The molecule has 19 heavy (non-hydrogen) atoms. The van der Waals surface area contributed by atoms with Crippen LogP contribution in [0.4, 0.5) is 0 Å². The lowest BCUT2D eigenvalue weighted by Crippen LogP contribution is -2.04. The van der Waals surface area contributed by atoms with Crippen LogP contribution in [0, 0.1) is 5.92 Å². The lowest BCUT2D eigenvalue weighted by molar-refractivity contribution is 0.525. The van der Waals surface area contributed by atoms with Crippen molar-refractivity contribution in [2.75, 3.05) is 0 Å². The quantitative estimate of drug-likeness (QED) is 0.604. The first kappa shape index (κ1) is 15.5. The number of hydrogen-bond acceptors (Lipinski definition) is 1. The minimum Gasteiger partial charge on any atom is -0.278 e. The summed E-state index contributed by atoms with van der Waals surface area (Å²) in [4.78, 5) is 0. The molecule has 1 heterocycles. The van der Waals surface area contributed by atoms with Gasteiger partial charge in [0.15, 0.2) is 0 Å². The monoisotopic (exact) mass is 258 g/mol. The van der Waals surface area contributed by atoms with Gasteiger partial charge < -0.3 is 0 Å². The van der Waals surface area contributed by atoms with Crippen molar-refractivity contribution in [2.24, 2.45) is 5.92 Å². The van der Waals surface area contributed by atoms with Crippen molar-refractivity contribution in [3.63, 3.8) is 0 Å².